The molecule has 0 fully saturated rings. The van der Waals surface area contributed by atoms with Crippen LogP contribution in [0.3, 0.4) is 0 Å². The minimum absolute atomic E-state index is 0.447. The van der Waals surface area contributed by atoms with Gasteiger partial charge in [0.05, 0.1) is 0 Å². The van der Waals surface area contributed by atoms with E-state index in [1.165, 1.54) is 6.08 Å². The lowest BCUT2D eigenvalue weighted by molar-refractivity contribution is -0.104. The van der Waals surface area contributed by atoms with E-state index in [0.29, 0.717) is 11.9 Å². The van der Waals surface area contributed by atoms with Gasteiger partial charge in [-0.2, -0.15) is 0 Å². The molecule has 0 rings (SSSR count). The number of rotatable bonds is 2. The van der Waals surface area contributed by atoms with Crippen LogP contribution in [0.15, 0.2) is 11.6 Å². The van der Waals surface area contributed by atoms with Crippen LogP contribution >= 0.6 is 0 Å². The first-order valence-corrected chi connectivity index (χ1v) is 1.99. The fourth-order valence-electron chi connectivity index (χ4n) is 0.170. The molecule has 0 amide bonds. The van der Waals surface area contributed by atoms with Gasteiger partial charge in [0.25, 0.3) is 0 Å². The monoisotopic (exact) mass is 102 g/mol. The van der Waals surface area contributed by atoms with Crippen LogP contribution in [0.25, 0.3) is 0 Å². The van der Waals surface area contributed by atoms with Crippen LogP contribution in [0.2, 0.25) is 0 Å². The largest absolute Gasteiger partial charge is 0.298 e. The summed E-state index contributed by atoms with van der Waals surface area (Å²) in [5, 5.41) is 0. The third-order valence-electron chi connectivity index (χ3n) is 0.585. The molecule has 0 saturated carbocycles. The van der Waals surface area contributed by atoms with Crippen LogP contribution in [-0.2, 0) is 4.79 Å². The Kier molecular flexibility index (Phi) is 3.19. The quantitative estimate of drug-likeness (QED) is 0.377. The average Bonchev–Trinajstić information content (AvgIpc) is 1.68. The normalized spacial score (nSPS) is 11.4. The maximum absolute atomic E-state index is 11.2. The van der Waals surface area contributed by atoms with Gasteiger partial charge in [0.15, 0.2) is 0 Å². The van der Waals surface area contributed by atoms with Crippen molar-refractivity contribution >= 4 is 6.29 Å². The van der Waals surface area contributed by atoms with Crippen LogP contribution in [0.5, 0.6) is 0 Å². The molecule has 0 saturated heterocycles. The van der Waals surface area contributed by atoms with Gasteiger partial charge in [-0.05, 0) is 18.6 Å². The molecule has 0 N–H and O–H groups in total. The van der Waals surface area contributed by atoms with E-state index >= 15 is 0 Å². The lowest BCUT2D eigenvalue weighted by Crippen LogP contribution is -1.75. The van der Waals surface area contributed by atoms with Crippen molar-refractivity contribution in [1.82, 2.24) is 0 Å². The number of allylic oxidation sites excluding steroid dienone is 2. The van der Waals surface area contributed by atoms with Crippen molar-refractivity contribution in [3.63, 3.8) is 0 Å². The van der Waals surface area contributed by atoms with Gasteiger partial charge < -0.3 is 0 Å². The minimum Gasteiger partial charge on any atom is -0.298 e. The maximum atomic E-state index is 11.2. The third-order valence-corrected chi connectivity index (χ3v) is 0.585. The number of carbonyl (C=O) groups is 1. The third kappa shape index (κ3) is 3.16. The number of hydrogen-bond acceptors (Lipinski definition) is 1. The molecular formula is C5H7FO. The summed E-state index contributed by atoms with van der Waals surface area (Å²) in [4.78, 5) is 9.66. The van der Waals surface area contributed by atoms with Crippen LogP contribution in [0, 0.1) is 0 Å². The Balaban J connectivity index is 3.49. The first-order valence-electron chi connectivity index (χ1n) is 1.99. The Hall–Kier alpha value is -0.660. The number of hydrogen-bond donors (Lipinski definition) is 0. The molecule has 0 spiro atoms. The smallest absolute Gasteiger partial charge is 0.145 e. The van der Waals surface area contributed by atoms with Crippen molar-refractivity contribution in [2.45, 2.75) is 6.92 Å². The number of aldehydes is 1. The average molecular weight is 102 g/mol. The van der Waals surface area contributed by atoms with Gasteiger partial charge in [-0.15, -0.1) is 0 Å². The maximum Gasteiger partial charge on any atom is 0.145 e. The molecule has 0 aliphatic carbocycles. The van der Waals surface area contributed by atoms with Crippen molar-refractivity contribution in [2.24, 2.45) is 0 Å². The molecule has 0 atom stereocenters. The summed E-state index contributed by atoms with van der Waals surface area (Å²) >= 11 is 0. The standard InChI is InChI=1S/C5H7FO/c1-5(4-7)2-3-6/h2,4H,3H2,1H3/b5-2+. The molecule has 7 heavy (non-hydrogen) atoms. The summed E-state index contributed by atoms with van der Waals surface area (Å²) in [7, 11) is 0. The molecule has 1 nitrogen and oxygen atoms in total. The highest BCUT2D eigenvalue weighted by Gasteiger charge is 1.78. The van der Waals surface area contributed by atoms with E-state index in [1.54, 1.807) is 6.92 Å². The fraction of sp³-hybridized carbons (Fsp3) is 0.400. The number of halogens is 1. The molecule has 2 heteroatoms. The second kappa shape index (κ2) is 3.53. The van der Waals surface area contributed by atoms with Crippen LogP contribution < -0.4 is 0 Å². The van der Waals surface area contributed by atoms with Crippen molar-refractivity contribution in [1.29, 1.82) is 0 Å². The first-order chi connectivity index (χ1) is 3.31. The van der Waals surface area contributed by atoms with E-state index < -0.39 is 6.67 Å². The van der Waals surface area contributed by atoms with Gasteiger partial charge in [-0.25, -0.2) is 4.39 Å². The molecule has 0 aromatic rings. The molecule has 0 bridgehead atoms. The Morgan fingerprint density at radius 1 is 1.86 bits per heavy atom. The second-order valence-corrected chi connectivity index (χ2v) is 1.22. The Labute approximate surface area is 41.8 Å². The molecule has 0 radical (unpaired) electrons. The molecular weight excluding hydrogens is 95.1 g/mol. The summed E-state index contributed by atoms with van der Waals surface area (Å²) in [6.45, 7) is 1.01. The summed E-state index contributed by atoms with van der Waals surface area (Å²) in [6, 6.07) is 0. The van der Waals surface area contributed by atoms with Gasteiger partial charge in [-0.1, -0.05) is 0 Å². The van der Waals surface area contributed by atoms with E-state index in [9.17, 15) is 9.18 Å². The molecule has 0 aliphatic heterocycles. The summed E-state index contributed by atoms with van der Waals surface area (Å²) in [5.74, 6) is 0. The number of alkyl halides is 1. The molecule has 0 unspecified atom stereocenters. The van der Waals surface area contributed by atoms with Gasteiger partial charge in [0.2, 0.25) is 0 Å². The van der Waals surface area contributed by atoms with Gasteiger partial charge >= 0.3 is 0 Å². The lowest BCUT2D eigenvalue weighted by atomic mass is 10.3. The van der Waals surface area contributed by atoms with Crippen molar-refractivity contribution in [3.8, 4) is 0 Å². The summed E-state index contributed by atoms with van der Waals surface area (Å²) in [6.07, 6.45) is 1.85. The van der Waals surface area contributed by atoms with Gasteiger partial charge in [0, 0.05) is 0 Å². The van der Waals surface area contributed by atoms with E-state index in [0.717, 1.165) is 0 Å². The van der Waals surface area contributed by atoms with Crippen molar-refractivity contribution < 1.29 is 9.18 Å². The number of carbonyl (C=O) groups excluding carboxylic acids is 1. The van der Waals surface area contributed by atoms with Gasteiger partial charge in [-0.3, -0.25) is 4.79 Å². The molecule has 0 aromatic carbocycles. The first kappa shape index (κ1) is 6.34. The van der Waals surface area contributed by atoms with Crippen molar-refractivity contribution in [2.75, 3.05) is 6.67 Å². The highest BCUT2D eigenvalue weighted by atomic mass is 19.1. The summed E-state index contributed by atoms with van der Waals surface area (Å²) in [5.41, 5.74) is 0.447. The van der Waals surface area contributed by atoms with Crippen LogP contribution in [-0.4, -0.2) is 13.0 Å². The Morgan fingerprint density at radius 2 is 2.43 bits per heavy atom. The van der Waals surface area contributed by atoms with E-state index in [4.69, 9.17) is 0 Å². The highest BCUT2D eigenvalue weighted by Crippen LogP contribution is 1.83. The second-order valence-electron chi connectivity index (χ2n) is 1.22. The van der Waals surface area contributed by atoms with E-state index in [2.05, 4.69) is 0 Å². The molecule has 40 valence electrons. The minimum atomic E-state index is -0.551. The summed E-state index contributed by atoms with van der Waals surface area (Å²) < 4.78 is 11.2. The fourth-order valence-corrected chi connectivity index (χ4v) is 0.170. The zero-order valence-corrected chi connectivity index (χ0v) is 4.15. The Bertz CT molecular complexity index is 86.1. The topological polar surface area (TPSA) is 17.1 Å². The van der Waals surface area contributed by atoms with Crippen LogP contribution in [0.1, 0.15) is 6.92 Å². The van der Waals surface area contributed by atoms with Crippen molar-refractivity contribution in [3.05, 3.63) is 11.6 Å². The zero-order valence-electron chi connectivity index (χ0n) is 4.15. The van der Waals surface area contributed by atoms with Crippen LogP contribution in [0.4, 0.5) is 4.39 Å². The highest BCUT2D eigenvalue weighted by molar-refractivity contribution is 5.71. The Morgan fingerprint density at radius 3 is 2.57 bits per heavy atom. The van der Waals surface area contributed by atoms with E-state index in [1.807, 2.05) is 0 Å². The molecule has 0 aromatic heterocycles. The predicted octanol–water partition coefficient (Wildman–Crippen LogP) is 1.10. The molecule has 0 heterocycles. The molecule has 0 aliphatic rings. The zero-order chi connectivity index (χ0) is 5.70. The SMILES string of the molecule is C/C(C=O)=C\CF. The van der Waals surface area contributed by atoms with E-state index in [-0.39, 0.29) is 0 Å². The predicted molar refractivity (Wildman–Crippen MR) is 25.8 cm³/mol. The van der Waals surface area contributed by atoms with Gasteiger partial charge in [0.1, 0.15) is 13.0 Å². The lowest BCUT2D eigenvalue weighted by Gasteiger charge is -1.77.